The van der Waals surface area contributed by atoms with Crippen molar-refractivity contribution in [1.29, 1.82) is 0 Å². The maximum Gasteiger partial charge on any atom is 0.158 e. The smallest absolute Gasteiger partial charge is 0.158 e. The molecule has 2 nitrogen and oxygen atoms in total. The van der Waals surface area contributed by atoms with Crippen molar-refractivity contribution in [3.8, 4) is 0 Å². The zero-order valence-electron chi connectivity index (χ0n) is 8.42. The summed E-state index contributed by atoms with van der Waals surface area (Å²) >= 11 is 0. The van der Waals surface area contributed by atoms with Gasteiger partial charge in [-0.3, -0.25) is 0 Å². The molecule has 0 N–H and O–H groups in total. The van der Waals surface area contributed by atoms with Crippen LogP contribution in [0.25, 0.3) is 0 Å². The van der Waals surface area contributed by atoms with Crippen molar-refractivity contribution in [3.63, 3.8) is 0 Å². The molecule has 12 heavy (non-hydrogen) atoms. The first-order valence-corrected chi connectivity index (χ1v) is 4.62. The Balaban J connectivity index is 2.52. The van der Waals surface area contributed by atoms with Gasteiger partial charge in [0.1, 0.15) is 0 Å². The minimum atomic E-state index is 0.654. The van der Waals surface area contributed by atoms with E-state index in [0.717, 1.165) is 6.54 Å². The molecule has 0 aromatic carbocycles. The van der Waals surface area contributed by atoms with Crippen molar-refractivity contribution in [1.82, 2.24) is 5.06 Å². The van der Waals surface area contributed by atoms with Crippen LogP contribution in [0, 0.1) is 5.92 Å². The van der Waals surface area contributed by atoms with Gasteiger partial charge in [-0.1, -0.05) is 11.1 Å². The van der Waals surface area contributed by atoms with Crippen LogP contribution in [0.5, 0.6) is 0 Å². The average Bonchev–Trinajstić information content (AvgIpc) is 2.05. The van der Waals surface area contributed by atoms with E-state index >= 15 is 0 Å². The quantitative estimate of drug-likeness (QED) is 0.453. The van der Waals surface area contributed by atoms with Crippen LogP contribution in [-0.4, -0.2) is 31.9 Å². The Morgan fingerprint density at radius 1 is 1.42 bits per heavy atom. The molecule has 1 aliphatic rings. The summed E-state index contributed by atoms with van der Waals surface area (Å²) in [5.41, 5.74) is 0. The number of hydrogen-bond acceptors (Lipinski definition) is 1. The number of rotatable bonds is 2. The molecule has 1 fully saturated rings. The largest absolute Gasteiger partial charge is 0.321 e. The Morgan fingerprint density at radius 3 is 2.58 bits per heavy atom. The lowest BCUT2D eigenvalue weighted by atomic mass is 9.95. The molecule has 0 radical (unpaired) electrons. The van der Waals surface area contributed by atoms with Crippen molar-refractivity contribution in [2.24, 2.45) is 5.92 Å². The molecule has 0 aromatic rings. The molecule has 1 saturated heterocycles. The van der Waals surface area contributed by atoms with E-state index in [9.17, 15) is 0 Å². The highest BCUT2D eigenvalue weighted by atomic mass is 16.8. The van der Waals surface area contributed by atoms with E-state index in [4.69, 9.17) is 0 Å². The van der Waals surface area contributed by atoms with Gasteiger partial charge in [0.05, 0.1) is 12.6 Å². The van der Waals surface area contributed by atoms with E-state index in [1.807, 2.05) is 14.2 Å². The number of piperidine rings is 1. The summed E-state index contributed by atoms with van der Waals surface area (Å²) in [6, 6.07) is 0.654. The van der Waals surface area contributed by atoms with Crippen molar-refractivity contribution in [3.05, 3.63) is 12.7 Å². The van der Waals surface area contributed by atoms with Crippen LogP contribution in [0.4, 0.5) is 0 Å². The van der Waals surface area contributed by atoms with Gasteiger partial charge in [0.2, 0.25) is 0 Å². The lowest BCUT2D eigenvalue weighted by Crippen LogP contribution is -2.44. The maximum absolute atomic E-state index is 3.85. The minimum absolute atomic E-state index is 0.654. The molecule has 0 bridgehead atoms. The summed E-state index contributed by atoms with van der Waals surface area (Å²) in [5, 5.41) is 2.33. The first kappa shape index (κ1) is 9.75. The molecule has 70 valence electrons. The van der Waals surface area contributed by atoms with E-state index in [1.165, 1.54) is 12.8 Å². The molecule has 1 heterocycles. The van der Waals surface area contributed by atoms with Crippen LogP contribution in [0.15, 0.2) is 12.7 Å². The van der Waals surface area contributed by atoms with Gasteiger partial charge >= 0.3 is 0 Å². The standard InChI is InChI=1S/C10H20NO/c1-5-10-7-6-9(2)11(8-10)12(3)4/h5,9-10H,1,6-8H2,2-4H3/q+1. The Bertz CT molecular complexity index is 156. The molecule has 2 heteroatoms. The first-order valence-electron chi connectivity index (χ1n) is 4.62. The molecule has 0 amide bonds. The van der Waals surface area contributed by atoms with Crippen LogP contribution in [-0.2, 0) is 4.47 Å². The van der Waals surface area contributed by atoms with Gasteiger partial charge in [-0.2, -0.15) is 0 Å². The van der Waals surface area contributed by atoms with Gasteiger partial charge in [-0.15, -0.1) is 6.58 Å². The normalized spacial score (nSPS) is 32.3. The highest BCUT2D eigenvalue weighted by molar-refractivity contribution is 4.85. The summed E-state index contributed by atoms with van der Waals surface area (Å²) in [4.78, 5) is 0. The SMILES string of the molecule is C=CC1CCC(C)N([O+](C)C)C1. The molecule has 2 unspecified atom stereocenters. The summed E-state index contributed by atoms with van der Waals surface area (Å²) in [6.45, 7) is 7.22. The highest BCUT2D eigenvalue weighted by Crippen LogP contribution is 2.23. The van der Waals surface area contributed by atoms with Crippen molar-refractivity contribution >= 4 is 0 Å². The van der Waals surface area contributed by atoms with Crippen LogP contribution in [0.1, 0.15) is 19.8 Å². The van der Waals surface area contributed by atoms with E-state index in [0.29, 0.717) is 12.0 Å². The van der Waals surface area contributed by atoms with Crippen molar-refractivity contribution < 1.29 is 4.47 Å². The third-order valence-corrected chi connectivity index (χ3v) is 2.66. The Labute approximate surface area is 75.5 Å². The van der Waals surface area contributed by atoms with Crippen molar-refractivity contribution in [2.75, 3.05) is 20.8 Å². The fourth-order valence-electron chi connectivity index (χ4n) is 1.80. The average molecular weight is 170 g/mol. The minimum Gasteiger partial charge on any atom is -0.321 e. The predicted molar refractivity (Wildman–Crippen MR) is 52.0 cm³/mol. The molecule has 0 spiro atoms. The topological polar surface area (TPSA) is 5.94 Å². The molecule has 0 aliphatic carbocycles. The zero-order valence-corrected chi connectivity index (χ0v) is 8.42. The highest BCUT2D eigenvalue weighted by Gasteiger charge is 2.29. The fraction of sp³-hybridized carbons (Fsp3) is 0.800. The molecule has 0 aromatic heterocycles. The van der Waals surface area contributed by atoms with E-state index < -0.39 is 0 Å². The van der Waals surface area contributed by atoms with Gasteiger partial charge in [0.25, 0.3) is 0 Å². The third-order valence-electron chi connectivity index (χ3n) is 2.66. The van der Waals surface area contributed by atoms with Crippen LogP contribution >= 0.6 is 0 Å². The van der Waals surface area contributed by atoms with Crippen LogP contribution in [0.3, 0.4) is 0 Å². The lowest BCUT2D eigenvalue weighted by molar-refractivity contribution is -0.323. The predicted octanol–water partition coefficient (Wildman–Crippen LogP) is 2.00. The molecule has 1 aliphatic heterocycles. The Kier molecular flexibility index (Phi) is 3.29. The van der Waals surface area contributed by atoms with Gasteiger partial charge < -0.3 is 4.47 Å². The maximum atomic E-state index is 3.85. The fourth-order valence-corrected chi connectivity index (χ4v) is 1.80. The van der Waals surface area contributed by atoms with Crippen LogP contribution < -0.4 is 0 Å². The summed E-state index contributed by atoms with van der Waals surface area (Å²) in [6.07, 6.45) is 4.63. The first-order chi connectivity index (χ1) is 5.65. The second kappa shape index (κ2) is 4.06. The molecular weight excluding hydrogens is 150 g/mol. The monoisotopic (exact) mass is 170 g/mol. The van der Waals surface area contributed by atoms with Crippen molar-refractivity contribution in [2.45, 2.75) is 25.8 Å². The lowest BCUT2D eigenvalue weighted by Gasteiger charge is -2.35. The molecule has 0 saturated carbocycles. The number of hydrogen-bond donors (Lipinski definition) is 0. The third kappa shape index (κ3) is 2.08. The van der Waals surface area contributed by atoms with Crippen LogP contribution in [0.2, 0.25) is 0 Å². The van der Waals surface area contributed by atoms with E-state index in [2.05, 4.69) is 29.1 Å². The Morgan fingerprint density at radius 2 is 2.08 bits per heavy atom. The van der Waals surface area contributed by atoms with Gasteiger partial charge in [0, 0.05) is 0 Å². The van der Waals surface area contributed by atoms with Gasteiger partial charge in [-0.25, -0.2) is 0 Å². The van der Waals surface area contributed by atoms with Gasteiger partial charge in [-0.05, 0) is 25.7 Å². The summed E-state index contributed by atoms with van der Waals surface area (Å²) in [7, 11) is 4.06. The second-order valence-electron chi connectivity index (χ2n) is 3.80. The second-order valence-corrected chi connectivity index (χ2v) is 3.80. The zero-order chi connectivity index (χ0) is 9.14. The van der Waals surface area contributed by atoms with E-state index in [-0.39, 0.29) is 0 Å². The molecule has 1 rings (SSSR count). The summed E-state index contributed by atoms with van der Waals surface area (Å²) in [5.74, 6) is 0.663. The molecular formula is C10H20NO+. The van der Waals surface area contributed by atoms with Gasteiger partial charge in [0.15, 0.2) is 14.2 Å². The van der Waals surface area contributed by atoms with E-state index in [1.54, 1.807) is 0 Å². The number of nitrogens with zero attached hydrogens (tertiary/aromatic N) is 1. The Hall–Kier alpha value is -0.340. The summed E-state index contributed by atoms with van der Waals surface area (Å²) < 4.78 is 2.95. The molecule has 2 atom stereocenters. The number of hydroxylamine groups is 2.